The molecule has 0 aromatic heterocycles. The Labute approximate surface area is 199 Å². The minimum atomic E-state index is -3.73. The number of piperidine rings is 1. The molecule has 34 heavy (non-hydrogen) atoms. The van der Waals surface area contributed by atoms with Gasteiger partial charge in [0.2, 0.25) is 21.8 Å². The van der Waals surface area contributed by atoms with Gasteiger partial charge in [0.1, 0.15) is 0 Å². The number of carbonyl (C=O) groups is 3. The van der Waals surface area contributed by atoms with E-state index in [1.54, 1.807) is 38.1 Å². The van der Waals surface area contributed by atoms with Crippen LogP contribution >= 0.6 is 0 Å². The second-order valence-corrected chi connectivity index (χ2v) is 9.83. The van der Waals surface area contributed by atoms with Crippen molar-refractivity contribution in [1.82, 2.24) is 4.31 Å². The molecule has 0 saturated carbocycles. The Morgan fingerprint density at radius 3 is 2.00 bits per heavy atom. The summed E-state index contributed by atoms with van der Waals surface area (Å²) in [4.78, 5) is 36.0. The van der Waals surface area contributed by atoms with E-state index in [4.69, 9.17) is 4.74 Å². The lowest BCUT2D eigenvalue weighted by Crippen LogP contribution is -2.41. The molecule has 1 heterocycles. The van der Waals surface area contributed by atoms with Gasteiger partial charge in [0.05, 0.1) is 17.1 Å². The summed E-state index contributed by atoms with van der Waals surface area (Å²) < 4.78 is 32.2. The van der Waals surface area contributed by atoms with Crippen LogP contribution in [0.3, 0.4) is 0 Å². The molecule has 1 saturated heterocycles. The number of ether oxygens (including phenoxy) is 1. The zero-order chi connectivity index (χ0) is 24.7. The lowest BCUT2D eigenvalue weighted by Gasteiger charge is -2.30. The first kappa shape index (κ1) is 25.4. The minimum absolute atomic E-state index is 0.0894. The van der Waals surface area contributed by atoms with Gasteiger partial charge in [-0.3, -0.25) is 9.59 Å². The van der Waals surface area contributed by atoms with E-state index in [1.807, 2.05) is 0 Å². The largest absolute Gasteiger partial charge is 0.462 e. The maximum atomic E-state index is 13.0. The Morgan fingerprint density at radius 1 is 0.912 bits per heavy atom. The number of rotatable bonds is 8. The smallest absolute Gasteiger partial charge is 0.338 e. The molecule has 1 aliphatic heterocycles. The maximum absolute atomic E-state index is 13.0. The molecule has 10 heteroatoms. The van der Waals surface area contributed by atoms with Gasteiger partial charge in [0.25, 0.3) is 0 Å². The first-order valence-corrected chi connectivity index (χ1v) is 12.7. The van der Waals surface area contributed by atoms with Crippen LogP contribution < -0.4 is 10.6 Å². The number of sulfonamides is 1. The van der Waals surface area contributed by atoms with Crippen molar-refractivity contribution in [1.29, 1.82) is 0 Å². The number of anilines is 2. The van der Waals surface area contributed by atoms with Gasteiger partial charge in [0, 0.05) is 36.8 Å². The van der Waals surface area contributed by atoms with Crippen molar-refractivity contribution in [3.05, 3.63) is 54.1 Å². The van der Waals surface area contributed by atoms with Crippen LogP contribution in [0.1, 0.15) is 43.5 Å². The molecule has 9 nitrogen and oxygen atoms in total. The fraction of sp³-hybridized carbons (Fsp3) is 0.375. The van der Waals surface area contributed by atoms with Gasteiger partial charge < -0.3 is 15.4 Å². The fourth-order valence-electron chi connectivity index (χ4n) is 3.62. The van der Waals surface area contributed by atoms with Gasteiger partial charge in [-0.05, 0) is 68.3 Å². The second kappa shape index (κ2) is 11.3. The van der Waals surface area contributed by atoms with Gasteiger partial charge in [0.15, 0.2) is 0 Å². The van der Waals surface area contributed by atoms with Gasteiger partial charge in [-0.2, -0.15) is 4.31 Å². The molecule has 3 rings (SSSR count). The molecule has 0 unspecified atom stereocenters. The zero-order valence-corrected chi connectivity index (χ0v) is 20.1. The Morgan fingerprint density at radius 2 is 1.47 bits per heavy atom. The van der Waals surface area contributed by atoms with E-state index in [0.29, 0.717) is 30.6 Å². The summed E-state index contributed by atoms with van der Waals surface area (Å²) in [6.07, 6.45) is 1.18. The molecule has 182 valence electrons. The van der Waals surface area contributed by atoms with Gasteiger partial charge >= 0.3 is 5.97 Å². The summed E-state index contributed by atoms with van der Waals surface area (Å²) in [6.45, 7) is 4.15. The molecule has 2 aromatic rings. The second-order valence-electron chi connectivity index (χ2n) is 7.89. The number of nitrogens with zero attached hydrogens (tertiary/aromatic N) is 1. The Kier molecular flexibility index (Phi) is 8.41. The maximum Gasteiger partial charge on any atom is 0.338 e. The molecule has 0 spiro atoms. The monoisotopic (exact) mass is 487 g/mol. The van der Waals surface area contributed by atoms with Crippen LogP contribution in [0.2, 0.25) is 0 Å². The van der Waals surface area contributed by atoms with Gasteiger partial charge in [-0.15, -0.1) is 0 Å². The van der Waals surface area contributed by atoms with Crippen LogP contribution in [-0.2, 0) is 24.3 Å². The van der Waals surface area contributed by atoms with Crippen LogP contribution in [0.15, 0.2) is 53.4 Å². The molecular weight excluding hydrogens is 458 g/mol. The predicted octanol–water partition coefficient (Wildman–Crippen LogP) is 3.25. The molecule has 0 bridgehead atoms. The van der Waals surface area contributed by atoms with Crippen molar-refractivity contribution in [2.75, 3.05) is 30.3 Å². The van der Waals surface area contributed by atoms with Gasteiger partial charge in [-0.25, -0.2) is 13.2 Å². The fourth-order valence-corrected chi connectivity index (χ4v) is 5.09. The predicted molar refractivity (Wildman–Crippen MR) is 128 cm³/mol. The van der Waals surface area contributed by atoms with E-state index in [2.05, 4.69) is 10.6 Å². The number of benzene rings is 2. The summed E-state index contributed by atoms with van der Waals surface area (Å²) in [5, 5.41) is 5.60. The Balaban J connectivity index is 1.55. The van der Waals surface area contributed by atoms with Crippen molar-refractivity contribution in [2.45, 2.75) is 38.0 Å². The minimum Gasteiger partial charge on any atom is -0.462 e. The number of carbonyl (C=O) groups excluding carboxylic acids is 3. The van der Waals surface area contributed by atoms with Crippen LogP contribution in [-0.4, -0.2) is 50.2 Å². The topological polar surface area (TPSA) is 122 Å². The van der Waals surface area contributed by atoms with Crippen molar-refractivity contribution >= 4 is 39.2 Å². The van der Waals surface area contributed by atoms with E-state index < -0.39 is 16.0 Å². The van der Waals surface area contributed by atoms with Gasteiger partial charge in [-0.1, -0.05) is 6.92 Å². The lowest BCUT2D eigenvalue weighted by atomic mass is 9.97. The highest BCUT2D eigenvalue weighted by molar-refractivity contribution is 7.89. The normalized spacial score (nSPS) is 14.9. The summed E-state index contributed by atoms with van der Waals surface area (Å²) in [5.41, 5.74) is 1.55. The number of esters is 1. The summed E-state index contributed by atoms with van der Waals surface area (Å²) in [5.74, 6) is -1.06. The summed E-state index contributed by atoms with van der Waals surface area (Å²) in [7, 11) is -3.73. The van der Waals surface area contributed by atoms with Crippen molar-refractivity contribution < 1.29 is 27.5 Å². The molecule has 1 aliphatic rings. The number of amides is 2. The van der Waals surface area contributed by atoms with Crippen LogP contribution in [0.5, 0.6) is 0 Å². The Hall–Kier alpha value is -3.24. The molecule has 0 aliphatic carbocycles. The van der Waals surface area contributed by atoms with Crippen molar-refractivity contribution in [3.8, 4) is 0 Å². The SMILES string of the molecule is CCOC(=O)c1ccc(S(=O)(=O)N2CCC(C(=O)Nc3ccc(NC(=O)CC)cc3)CC2)cc1. The van der Waals surface area contributed by atoms with E-state index in [0.717, 1.165) is 0 Å². The van der Waals surface area contributed by atoms with Crippen LogP contribution in [0.25, 0.3) is 0 Å². The van der Waals surface area contributed by atoms with E-state index in [1.165, 1.54) is 28.6 Å². The third kappa shape index (κ3) is 6.21. The highest BCUT2D eigenvalue weighted by atomic mass is 32.2. The number of hydrogen-bond donors (Lipinski definition) is 2. The van der Waals surface area contributed by atoms with Crippen LogP contribution in [0, 0.1) is 5.92 Å². The first-order chi connectivity index (χ1) is 16.2. The highest BCUT2D eigenvalue weighted by Gasteiger charge is 2.32. The average molecular weight is 488 g/mol. The molecule has 2 amide bonds. The summed E-state index contributed by atoms with van der Waals surface area (Å²) >= 11 is 0. The molecular formula is C24H29N3O6S. The third-order valence-corrected chi connectivity index (χ3v) is 7.50. The molecule has 2 aromatic carbocycles. The molecule has 1 fully saturated rings. The third-order valence-electron chi connectivity index (χ3n) is 5.59. The van der Waals surface area contributed by atoms with Crippen LogP contribution in [0.4, 0.5) is 11.4 Å². The molecule has 2 N–H and O–H groups in total. The molecule has 0 atom stereocenters. The van der Waals surface area contributed by atoms with E-state index in [-0.39, 0.29) is 47.9 Å². The Bertz CT molecular complexity index is 1120. The highest BCUT2D eigenvalue weighted by Crippen LogP contribution is 2.25. The lowest BCUT2D eigenvalue weighted by molar-refractivity contribution is -0.121. The summed E-state index contributed by atoms with van der Waals surface area (Å²) in [6, 6.07) is 12.5. The standard InChI is InChI=1S/C24H29N3O6S/c1-3-22(28)25-19-7-9-20(10-8-19)26-23(29)17-13-15-27(16-14-17)34(31,32)21-11-5-18(6-12-21)24(30)33-4-2/h5-12,17H,3-4,13-16H2,1-2H3,(H,25,28)(H,26,29). The number of hydrogen-bond acceptors (Lipinski definition) is 6. The van der Waals surface area contributed by atoms with E-state index >= 15 is 0 Å². The van der Waals surface area contributed by atoms with Crippen molar-refractivity contribution in [3.63, 3.8) is 0 Å². The molecule has 0 radical (unpaired) electrons. The average Bonchev–Trinajstić information content (AvgIpc) is 2.85. The number of nitrogens with one attached hydrogen (secondary N) is 2. The zero-order valence-electron chi connectivity index (χ0n) is 19.2. The quantitative estimate of drug-likeness (QED) is 0.551. The first-order valence-electron chi connectivity index (χ1n) is 11.2. The van der Waals surface area contributed by atoms with Crippen molar-refractivity contribution in [2.24, 2.45) is 5.92 Å². The van der Waals surface area contributed by atoms with E-state index in [9.17, 15) is 22.8 Å².